The van der Waals surface area contributed by atoms with Gasteiger partial charge in [0.25, 0.3) is 0 Å². The van der Waals surface area contributed by atoms with Crippen molar-refractivity contribution in [1.82, 2.24) is 4.90 Å². The van der Waals surface area contributed by atoms with Gasteiger partial charge in [0.2, 0.25) is 0 Å². The zero-order chi connectivity index (χ0) is 10.7. The van der Waals surface area contributed by atoms with Crippen LogP contribution in [0.15, 0.2) is 30.3 Å². The number of β-amino-alcohol motifs (C(OH)–C–C–N with tert-alkyl or cyclic N) is 1. The molecule has 17 heavy (non-hydrogen) atoms. The molecule has 0 bridgehead atoms. The minimum Gasteiger partial charge on any atom is -0.392 e. The minimum absolute atomic E-state index is 0. The fourth-order valence-corrected chi connectivity index (χ4v) is 2.17. The molecular formula is C12H20Cl2N2O. The Morgan fingerprint density at radius 1 is 1.18 bits per heavy atom. The van der Waals surface area contributed by atoms with Crippen molar-refractivity contribution in [2.24, 2.45) is 5.73 Å². The molecule has 1 aromatic carbocycles. The maximum Gasteiger partial charge on any atom is 0.0682 e. The minimum atomic E-state index is -0.266. The molecule has 0 radical (unpaired) electrons. The van der Waals surface area contributed by atoms with Gasteiger partial charge in [-0.05, 0) is 12.0 Å². The summed E-state index contributed by atoms with van der Waals surface area (Å²) in [5.74, 6) is 0. The Labute approximate surface area is 115 Å². The standard InChI is InChI=1S/C12H18N2O.2ClH/c13-11-6-12(15)9-14(8-11)7-10-4-2-1-3-5-10;;/h1-5,11-12,15H,6-9,13H2;2*1H/t11-,12+;;/m0../s1. The van der Waals surface area contributed by atoms with Crippen LogP contribution in [-0.4, -0.2) is 35.2 Å². The first-order chi connectivity index (χ1) is 7.24. The third kappa shape index (κ3) is 5.23. The molecule has 1 aliphatic rings. The number of nitrogens with two attached hydrogens (primary N) is 1. The number of hydrogen-bond acceptors (Lipinski definition) is 3. The first-order valence-electron chi connectivity index (χ1n) is 5.44. The molecule has 1 saturated heterocycles. The van der Waals surface area contributed by atoms with Gasteiger partial charge in [-0.1, -0.05) is 30.3 Å². The molecule has 0 amide bonds. The Bertz CT molecular complexity index is 301. The van der Waals surface area contributed by atoms with E-state index in [0.717, 1.165) is 26.1 Å². The number of rotatable bonds is 2. The van der Waals surface area contributed by atoms with Crippen molar-refractivity contribution >= 4 is 24.8 Å². The van der Waals surface area contributed by atoms with Crippen molar-refractivity contribution in [3.63, 3.8) is 0 Å². The Hall–Kier alpha value is -0.320. The number of hydrogen-bond donors (Lipinski definition) is 2. The molecule has 1 fully saturated rings. The highest BCUT2D eigenvalue weighted by molar-refractivity contribution is 5.85. The van der Waals surface area contributed by atoms with Crippen LogP contribution in [0.2, 0.25) is 0 Å². The van der Waals surface area contributed by atoms with Crippen LogP contribution in [0.1, 0.15) is 12.0 Å². The Morgan fingerprint density at radius 3 is 2.41 bits per heavy atom. The van der Waals surface area contributed by atoms with E-state index in [2.05, 4.69) is 17.0 Å². The first-order valence-corrected chi connectivity index (χ1v) is 5.44. The lowest BCUT2D eigenvalue weighted by Gasteiger charge is -2.33. The molecule has 3 nitrogen and oxygen atoms in total. The van der Waals surface area contributed by atoms with Gasteiger partial charge in [-0.3, -0.25) is 4.90 Å². The average Bonchev–Trinajstić information content (AvgIpc) is 2.17. The van der Waals surface area contributed by atoms with Crippen molar-refractivity contribution in [2.75, 3.05) is 13.1 Å². The van der Waals surface area contributed by atoms with Crippen molar-refractivity contribution in [3.8, 4) is 0 Å². The van der Waals surface area contributed by atoms with E-state index >= 15 is 0 Å². The van der Waals surface area contributed by atoms with Crippen molar-refractivity contribution in [2.45, 2.75) is 25.1 Å². The largest absolute Gasteiger partial charge is 0.392 e. The molecule has 0 spiro atoms. The molecular weight excluding hydrogens is 259 g/mol. The predicted octanol–water partition coefficient (Wildman–Crippen LogP) is 1.42. The average molecular weight is 279 g/mol. The summed E-state index contributed by atoms with van der Waals surface area (Å²) in [5.41, 5.74) is 7.14. The highest BCUT2D eigenvalue weighted by atomic mass is 35.5. The van der Waals surface area contributed by atoms with Crippen LogP contribution in [0.25, 0.3) is 0 Å². The van der Waals surface area contributed by atoms with Crippen LogP contribution in [0.3, 0.4) is 0 Å². The Kier molecular flexibility index (Phi) is 7.75. The van der Waals surface area contributed by atoms with E-state index in [4.69, 9.17) is 5.73 Å². The number of aliphatic hydroxyl groups excluding tert-OH is 1. The molecule has 1 heterocycles. The summed E-state index contributed by atoms with van der Waals surface area (Å²) >= 11 is 0. The van der Waals surface area contributed by atoms with E-state index in [1.54, 1.807) is 0 Å². The van der Waals surface area contributed by atoms with Crippen molar-refractivity contribution < 1.29 is 5.11 Å². The molecule has 5 heteroatoms. The highest BCUT2D eigenvalue weighted by Crippen LogP contribution is 2.12. The third-order valence-electron chi connectivity index (χ3n) is 2.79. The maximum atomic E-state index is 9.61. The van der Waals surface area contributed by atoms with Gasteiger partial charge in [-0.25, -0.2) is 0 Å². The molecule has 1 aromatic rings. The normalized spacial score (nSPS) is 24.6. The summed E-state index contributed by atoms with van der Waals surface area (Å²) in [5, 5.41) is 9.61. The first kappa shape index (κ1) is 16.7. The van der Waals surface area contributed by atoms with E-state index in [-0.39, 0.29) is 37.0 Å². The second kappa shape index (κ2) is 7.90. The van der Waals surface area contributed by atoms with Crippen LogP contribution >= 0.6 is 24.8 Å². The number of likely N-dealkylation sites (tertiary alicyclic amines) is 1. The lowest BCUT2D eigenvalue weighted by molar-refractivity contribution is 0.0565. The van der Waals surface area contributed by atoms with Crippen LogP contribution in [0.4, 0.5) is 0 Å². The van der Waals surface area contributed by atoms with Crippen molar-refractivity contribution in [3.05, 3.63) is 35.9 Å². The molecule has 0 aliphatic carbocycles. The number of halogens is 2. The van der Waals surface area contributed by atoms with Gasteiger partial charge in [0, 0.05) is 25.7 Å². The summed E-state index contributed by atoms with van der Waals surface area (Å²) in [7, 11) is 0. The van der Waals surface area contributed by atoms with E-state index in [9.17, 15) is 5.11 Å². The third-order valence-corrected chi connectivity index (χ3v) is 2.79. The van der Waals surface area contributed by atoms with Crippen LogP contribution in [0.5, 0.6) is 0 Å². The molecule has 0 aromatic heterocycles. The van der Waals surface area contributed by atoms with Gasteiger partial charge in [0.15, 0.2) is 0 Å². The van der Waals surface area contributed by atoms with Crippen LogP contribution in [-0.2, 0) is 6.54 Å². The van der Waals surface area contributed by atoms with Crippen molar-refractivity contribution in [1.29, 1.82) is 0 Å². The highest BCUT2D eigenvalue weighted by Gasteiger charge is 2.22. The topological polar surface area (TPSA) is 49.5 Å². The number of nitrogens with zero attached hydrogens (tertiary/aromatic N) is 1. The number of benzene rings is 1. The molecule has 2 rings (SSSR count). The van der Waals surface area contributed by atoms with Gasteiger partial charge in [0.05, 0.1) is 6.10 Å². The monoisotopic (exact) mass is 278 g/mol. The van der Waals surface area contributed by atoms with E-state index in [1.807, 2.05) is 18.2 Å². The SMILES string of the molecule is Cl.Cl.N[C@H]1C[C@@H](O)CN(Cc2ccccc2)C1. The van der Waals surface area contributed by atoms with Gasteiger partial charge in [-0.15, -0.1) is 24.8 Å². The molecule has 0 saturated carbocycles. The van der Waals surface area contributed by atoms with Gasteiger partial charge < -0.3 is 10.8 Å². The quantitative estimate of drug-likeness (QED) is 0.861. The molecule has 3 N–H and O–H groups in total. The van der Waals surface area contributed by atoms with E-state index in [1.165, 1.54) is 5.56 Å². The Balaban J connectivity index is 0.00000128. The zero-order valence-electron chi connectivity index (χ0n) is 9.66. The lowest BCUT2D eigenvalue weighted by atomic mass is 10.0. The van der Waals surface area contributed by atoms with Gasteiger partial charge in [-0.2, -0.15) is 0 Å². The summed E-state index contributed by atoms with van der Waals surface area (Å²) in [4.78, 5) is 2.22. The summed E-state index contributed by atoms with van der Waals surface area (Å²) < 4.78 is 0. The smallest absolute Gasteiger partial charge is 0.0682 e. The summed E-state index contributed by atoms with van der Waals surface area (Å²) in [6.07, 6.45) is 0.461. The second-order valence-corrected chi connectivity index (χ2v) is 4.33. The summed E-state index contributed by atoms with van der Waals surface area (Å²) in [6.45, 7) is 2.50. The maximum absolute atomic E-state index is 9.61. The van der Waals surface area contributed by atoms with E-state index in [0.29, 0.717) is 0 Å². The van der Waals surface area contributed by atoms with Crippen LogP contribution < -0.4 is 5.73 Å². The molecule has 98 valence electrons. The fraction of sp³-hybridized carbons (Fsp3) is 0.500. The lowest BCUT2D eigenvalue weighted by Crippen LogP contribution is -2.48. The fourth-order valence-electron chi connectivity index (χ4n) is 2.17. The van der Waals surface area contributed by atoms with Gasteiger partial charge in [0.1, 0.15) is 0 Å². The molecule has 1 aliphatic heterocycles. The number of aliphatic hydroxyl groups is 1. The Morgan fingerprint density at radius 2 is 1.82 bits per heavy atom. The number of piperidine rings is 1. The predicted molar refractivity (Wildman–Crippen MR) is 74.8 cm³/mol. The van der Waals surface area contributed by atoms with E-state index < -0.39 is 0 Å². The van der Waals surface area contributed by atoms with Crippen LogP contribution in [0, 0.1) is 0 Å². The molecule has 0 unspecified atom stereocenters. The summed E-state index contributed by atoms with van der Waals surface area (Å²) in [6, 6.07) is 10.4. The molecule has 2 atom stereocenters. The zero-order valence-corrected chi connectivity index (χ0v) is 11.3. The second-order valence-electron chi connectivity index (χ2n) is 4.33. The van der Waals surface area contributed by atoms with Gasteiger partial charge >= 0.3 is 0 Å².